The van der Waals surface area contributed by atoms with Gasteiger partial charge in [0.2, 0.25) is 0 Å². The Morgan fingerprint density at radius 1 is 1.31 bits per heavy atom. The van der Waals surface area contributed by atoms with Gasteiger partial charge in [0, 0.05) is 0 Å². The zero-order valence-electron chi connectivity index (χ0n) is 8.92. The Hall–Kier alpha value is 0.250. The van der Waals surface area contributed by atoms with Crippen LogP contribution >= 0.6 is 12.4 Å². The average molecular weight is 204 g/mol. The molecule has 0 radical (unpaired) electrons. The minimum absolute atomic E-state index is 0. The van der Waals surface area contributed by atoms with E-state index in [0.717, 1.165) is 30.2 Å². The van der Waals surface area contributed by atoms with Crippen molar-refractivity contribution in [3.8, 4) is 0 Å². The third-order valence-corrected chi connectivity index (χ3v) is 4.81. The van der Waals surface area contributed by atoms with E-state index in [1.165, 1.54) is 12.8 Å². The fourth-order valence-corrected chi connectivity index (χ4v) is 3.57. The van der Waals surface area contributed by atoms with Crippen molar-refractivity contribution in [3.63, 3.8) is 0 Å². The van der Waals surface area contributed by atoms with Gasteiger partial charge in [-0.1, -0.05) is 20.8 Å². The molecule has 2 N–H and O–H groups in total. The number of rotatable bonds is 1. The molecular formula is C11H22ClN. The maximum absolute atomic E-state index is 5.77. The van der Waals surface area contributed by atoms with E-state index >= 15 is 0 Å². The van der Waals surface area contributed by atoms with Gasteiger partial charge in [-0.05, 0) is 48.5 Å². The lowest BCUT2D eigenvalue weighted by atomic mass is 9.43. The van der Waals surface area contributed by atoms with Crippen LogP contribution in [-0.4, -0.2) is 6.54 Å². The summed E-state index contributed by atoms with van der Waals surface area (Å²) in [5.74, 6) is 3.63. The highest BCUT2D eigenvalue weighted by molar-refractivity contribution is 5.85. The summed E-state index contributed by atoms with van der Waals surface area (Å²) in [5, 5.41) is 0. The molecule has 0 aromatic carbocycles. The van der Waals surface area contributed by atoms with Gasteiger partial charge >= 0.3 is 0 Å². The molecular weight excluding hydrogens is 182 g/mol. The molecule has 0 aromatic heterocycles. The Morgan fingerprint density at radius 2 is 1.92 bits per heavy atom. The van der Waals surface area contributed by atoms with Crippen molar-refractivity contribution in [2.24, 2.45) is 34.8 Å². The van der Waals surface area contributed by atoms with Gasteiger partial charge in [-0.15, -0.1) is 12.4 Å². The van der Waals surface area contributed by atoms with Gasteiger partial charge in [0.1, 0.15) is 0 Å². The van der Waals surface area contributed by atoms with Crippen molar-refractivity contribution in [3.05, 3.63) is 0 Å². The normalized spacial score (nSPS) is 46.2. The topological polar surface area (TPSA) is 26.0 Å². The van der Waals surface area contributed by atoms with Crippen molar-refractivity contribution >= 4 is 12.4 Å². The second-order valence-corrected chi connectivity index (χ2v) is 5.45. The maximum Gasteiger partial charge on any atom is -0.00461 e. The van der Waals surface area contributed by atoms with Crippen molar-refractivity contribution in [1.29, 1.82) is 0 Å². The van der Waals surface area contributed by atoms with Crippen LogP contribution < -0.4 is 5.73 Å². The molecule has 4 atom stereocenters. The molecule has 78 valence electrons. The predicted octanol–water partition coefficient (Wildman–Crippen LogP) is 2.69. The monoisotopic (exact) mass is 203 g/mol. The van der Waals surface area contributed by atoms with Gasteiger partial charge in [0.05, 0.1) is 0 Å². The van der Waals surface area contributed by atoms with Crippen LogP contribution in [0.2, 0.25) is 0 Å². The second-order valence-electron chi connectivity index (χ2n) is 5.45. The molecule has 2 bridgehead atoms. The van der Waals surface area contributed by atoms with Gasteiger partial charge < -0.3 is 5.73 Å². The number of hydrogen-bond acceptors (Lipinski definition) is 1. The summed E-state index contributed by atoms with van der Waals surface area (Å²) < 4.78 is 0. The highest BCUT2D eigenvalue weighted by Crippen LogP contribution is 2.62. The quantitative estimate of drug-likeness (QED) is 0.697. The number of halogens is 1. The minimum atomic E-state index is 0. The summed E-state index contributed by atoms with van der Waals surface area (Å²) in [7, 11) is 0. The van der Waals surface area contributed by atoms with Crippen LogP contribution in [0.5, 0.6) is 0 Å². The molecule has 3 saturated carbocycles. The Kier molecular flexibility index (Phi) is 2.99. The van der Waals surface area contributed by atoms with E-state index in [1.807, 2.05) is 0 Å². The number of hydrogen-bond donors (Lipinski definition) is 1. The molecule has 0 amide bonds. The first-order valence-corrected chi connectivity index (χ1v) is 5.27. The van der Waals surface area contributed by atoms with Gasteiger partial charge in [-0.2, -0.15) is 0 Å². The summed E-state index contributed by atoms with van der Waals surface area (Å²) in [6.45, 7) is 8.19. The Balaban J connectivity index is 0.000000845. The summed E-state index contributed by atoms with van der Waals surface area (Å²) >= 11 is 0. The van der Waals surface area contributed by atoms with Gasteiger partial charge in [0.15, 0.2) is 0 Å². The molecule has 3 rings (SSSR count). The van der Waals surface area contributed by atoms with Crippen molar-refractivity contribution < 1.29 is 0 Å². The molecule has 3 aliphatic rings. The smallest absolute Gasteiger partial charge is 0.00461 e. The van der Waals surface area contributed by atoms with Crippen molar-refractivity contribution in [2.75, 3.05) is 6.54 Å². The Morgan fingerprint density at radius 3 is 2.31 bits per heavy atom. The molecule has 0 saturated heterocycles. The minimum Gasteiger partial charge on any atom is -0.330 e. The van der Waals surface area contributed by atoms with E-state index in [1.54, 1.807) is 0 Å². The molecule has 0 aliphatic heterocycles. The van der Waals surface area contributed by atoms with Crippen LogP contribution in [0.1, 0.15) is 33.6 Å². The average Bonchev–Trinajstić information content (AvgIpc) is 2.03. The van der Waals surface area contributed by atoms with Crippen LogP contribution in [0.4, 0.5) is 0 Å². The molecule has 0 spiro atoms. The third kappa shape index (κ3) is 1.41. The first-order valence-electron chi connectivity index (χ1n) is 5.27. The van der Waals surface area contributed by atoms with Crippen LogP contribution in [0.25, 0.3) is 0 Å². The Labute approximate surface area is 87.9 Å². The number of nitrogens with two attached hydrogens (primary N) is 1. The highest BCUT2D eigenvalue weighted by Gasteiger charge is 2.55. The molecule has 0 unspecified atom stereocenters. The lowest BCUT2D eigenvalue weighted by molar-refractivity contribution is -0.126. The maximum atomic E-state index is 5.77. The molecule has 13 heavy (non-hydrogen) atoms. The van der Waals surface area contributed by atoms with E-state index < -0.39 is 0 Å². The largest absolute Gasteiger partial charge is 0.330 e. The molecule has 1 nitrogen and oxygen atoms in total. The fourth-order valence-electron chi connectivity index (χ4n) is 3.57. The molecule has 0 aromatic rings. The lowest BCUT2D eigenvalue weighted by Crippen LogP contribution is -2.56. The number of fused-ring (bicyclic) bond motifs is 2. The molecule has 0 heterocycles. The van der Waals surface area contributed by atoms with E-state index in [2.05, 4.69) is 20.8 Å². The highest BCUT2D eigenvalue weighted by atomic mass is 35.5. The molecule has 2 heteroatoms. The van der Waals surface area contributed by atoms with E-state index in [9.17, 15) is 0 Å². The van der Waals surface area contributed by atoms with Crippen LogP contribution in [0, 0.1) is 29.1 Å². The van der Waals surface area contributed by atoms with Gasteiger partial charge in [-0.25, -0.2) is 0 Å². The van der Waals surface area contributed by atoms with Crippen LogP contribution in [-0.2, 0) is 0 Å². The lowest BCUT2D eigenvalue weighted by Gasteiger charge is -2.62. The van der Waals surface area contributed by atoms with Gasteiger partial charge in [0.25, 0.3) is 0 Å². The SMILES string of the molecule is C[C@@H]1[C@@H](CN)C[C@H]2C[C@@H]1C2(C)C.Cl. The van der Waals surface area contributed by atoms with Gasteiger partial charge in [-0.3, -0.25) is 0 Å². The zero-order chi connectivity index (χ0) is 8.93. The van der Waals surface area contributed by atoms with E-state index in [4.69, 9.17) is 5.73 Å². The van der Waals surface area contributed by atoms with Crippen LogP contribution in [0.3, 0.4) is 0 Å². The van der Waals surface area contributed by atoms with Crippen LogP contribution in [0.15, 0.2) is 0 Å². The molecule has 3 aliphatic carbocycles. The Bertz CT molecular complexity index is 191. The third-order valence-electron chi connectivity index (χ3n) is 4.81. The first kappa shape index (κ1) is 11.3. The second kappa shape index (κ2) is 3.43. The predicted molar refractivity (Wildman–Crippen MR) is 59.0 cm³/mol. The fraction of sp³-hybridized carbons (Fsp3) is 1.00. The zero-order valence-corrected chi connectivity index (χ0v) is 9.73. The van der Waals surface area contributed by atoms with Crippen molar-refractivity contribution in [2.45, 2.75) is 33.6 Å². The summed E-state index contributed by atoms with van der Waals surface area (Å²) in [5.41, 5.74) is 6.40. The van der Waals surface area contributed by atoms with E-state index in [-0.39, 0.29) is 12.4 Å². The van der Waals surface area contributed by atoms with Crippen molar-refractivity contribution in [1.82, 2.24) is 0 Å². The summed E-state index contributed by atoms with van der Waals surface area (Å²) in [6.07, 6.45) is 2.87. The summed E-state index contributed by atoms with van der Waals surface area (Å²) in [4.78, 5) is 0. The first-order chi connectivity index (χ1) is 5.57. The molecule has 3 fully saturated rings. The van der Waals surface area contributed by atoms with E-state index in [0.29, 0.717) is 5.41 Å². The summed E-state index contributed by atoms with van der Waals surface area (Å²) in [6, 6.07) is 0. The standard InChI is InChI=1S/C11H21N.ClH/c1-7-8(6-12)4-9-5-10(7)11(9,2)3;/h7-10H,4-6,12H2,1-3H3;1H/t7-,8-,9+,10+;/m1./s1.